The minimum Gasteiger partial charge on any atom is -0.394 e. The fourth-order valence-electron chi connectivity index (χ4n) is 1.14. The summed E-state index contributed by atoms with van der Waals surface area (Å²) in [4.78, 5) is 0. The van der Waals surface area contributed by atoms with Crippen molar-refractivity contribution in [3.05, 3.63) is 0 Å². The molecule has 0 saturated carbocycles. The van der Waals surface area contributed by atoms with Crippen LogP contribution in [0.15, 0.2) is 0 Å². The molecule has 6 N–H and O–H groups in total. The molecule has 72 valence electrons. The zero-order valence-electron chi connectivity index (χ0n) is 6.37. The lowest BCUT2D eigenvalue weighted by Crippen LogP contribution is -2.44. The standard InChI is InChI=1S/C6H13NO5/c7-3-4(10)5(2(9)1-8)12-6(3)11/h2-6,8-11H,1,7H2/t2-,3+,4-,5+,6+/m1/s1. The second kappa shape index (κ2) is 3.65. The Labute approximate surface area is 69.2 Å². The highest BCUT2D eigenvalue weighted by molar-refractivity contribution is 4.92. The molecular formula is C6H13NO5. The first-order valence-electron chi connectivity index (χ1n) is 3.64. The molecular weight excluding hydrogens is 166 g/mol. The van der Waals surface area contributed by atoms with Gasteiger partial charge in [0.05, 0.1) is 12.6 Å². The fourth-order valence-corrected chi connectivity index (χ4v) is 1.14. The number of hydrogen-bond acceptors (Lipinski definition) is 6. The van der Waals surface area contributed by atoms with Gasteiger partial charge in [0.1, 0.15) is 18.3 Å². The SMILES string of the molecule is N[C@H]1[C@@H](O)[C@H]([C@H](O)CO)O[C@@H]1O. The summed E-state index contributed by atoms with van der Waals surface area (Å²) in [5, 5.41) is 35.8. The zero-order valence-corrected chi connectivity index (χ0v) is 6.37. The molecule has 0 amide bonds. The lowest BCUT2D eigenvalue weighted by Gasteiger charge is -2.18. The lowest BCUT2D eigenvalue weighted by molar-refractivity contribution is -0.138. The third-order valence-electron chi connectivity index (χ3n) is 1.92. The van der Waals surface area contributed by atoms with Gasteiger partial charge in [0.25, 0.3) is 0 Å². The largest absolute Gasteiger partial charge is 0.394 e. The van der Waals surface area contributed by atoms with Crippen LogP contribution in [-0.2, 0) is 4.74 Å². The summed E-state index contributed by atoms with van der Waals surface area (Å²) in [7, 11) is 0. The minimum absolute atomic E-state index is 0.541. The maximum Gasteiger partial charge on any atom is 0.173 e. The summed E-state index contributed by atoms with van der Waals surface area (Å²) in [6.07, 6.45) is -4.67. The second-order valence-corrected chi connectivity index (χ2v) is 2.81. The number of hydrogen-bond donors (Lipinski definition) is 5. The molecule has 6 nitrogen and oxygen atoms in total. The van der Waals surface area contributed by atoms with Crippen LogP contribution in [0.5, 0.6) is 0 Å². The van der Waals surface area contributed by atoms with Gasteiger partial charge in [-0.25, -0.2) is 0 Å². The van der Waals surface area contributed by atoms with Crippen molar-refractivity contribution in [2.75, 3.05) is 6.61 Å². The van der Waals surface area contributed by atoms with Gasteiger partial charge in [-0.15, -0.1) is 0 Å². The number of nitrogens with two attached hydrogens (primary N) is 1. The molecule has 0 radical (unpaired) electrons. The highest BCUT2D eigenvalue weighted by atomic mass is 16.6. The van der Waals surface area contributed by atoms with Gasteiger partial charge < -0.3 is 30.9 Å². The molecule has 0 aromatic rings. The molecule has 0 aromatic heterocycles. The van der Waals surface area contributed by atoms with E-state index in [1.54, 1.807) is 0 Å². The Kier molecular flexibility index (Phi) is 2.99. The van der Waals surface area contributed by atoms with E-state index in [1.165, 1.54) is 0 Å². The molecule has 0 aromatic carbocycles. The molecule has 0 bridgehead atoms. The van der Waals surface area contributed by atoms with E-state index in [1.807, 2.05) is 0 Å². The zero-order chi connectivity index (χ0) is 9.30. The molecule has 1 rings (SSSR count). The van der Waals surface area contributed by atoms with Crippen LogP contribution in [0.1, 0.15) is 0 Å². The third-order valence-corrected chi connectivity index (χ3v) is 1.92. The van der Waals surface area contributed by atoms with Crippen LogP contribution >= 0.6 is 0 Å². The fraction of sp³-hybridized carbons (Fsp3) is 1.00. The van der Waals surface area contributed by atoms with Crippen molar-refractivity contribution in [2.24, 2.45) is 5.73 Å². The molecule has 1 saturated heterocycles. The highest BCUT2D eigenvalue weighted by Gasteiger charge is 2.43. The Hall–Kier alpha value is -0.240. The van der Waals surface area contributed by atoms with E-state index in [9.17, 15) is 5.11 Å². The Morgan fingerprint density at radius 3 is 2.33 bits per heavy atom. The van der Waals surface area contributed by atoms with Crippen LogP contribution in [0.2, 0.25) is 0 Å². The van der Waals surface area contributed by atoms with Crippen LogP contribution in [0.25, 0.3) is 0 Å². The van der Waals surface area contributed by atoms with Crippen molar-refractivity contribution in [1.82, 2.24) is 0 Å². The molecule has 1 aliphatic heterocycles. The Morgan fingerprint density at radius 2 is 2.00 bits per heavy atom. The first-order valence-corrected chi connectivity index (χ1v) is 3.64. The summed E-state index contributed by atoms with van der Waals surface area (Å²) in [5.74, 6) is 0. The summed E-state index contributed by atoms with van der Waals surface area (Å²) >= 11 is 0. The monoisotopic (exact) mass is 179 g/mol. The van der Waals surface area contributed by atoms with Gasteiger partial charge in [-0.3, -0.25) is 0 Å². The van der Waals surface area contributed by atoms with Crippen LogP contribution < -0.4 is 5.73 Å². The summed E-state index contributed by atoms with van der Waals surface area (Å²) in [5.41, 5.74) is 5.29. The van der Waals surface area contributed by atoms with Gasteiger partial charge >= 0.3 is 0 Å². The summed E-state index contributed by atoms with van der Waals surface area (Å²) in [6, 6.07) is -0.934. The molecule has 0 unspecified atom stereocenters. The van der Waals surface area contributed by atoms with Crippen molar-refractivity contribution < 1.29 is 25.2 Å². The Balaban J connectivity index is 2.58. The minimum atomic E-state index is -1.29. The number of aliphatic hydroxyl groups is 4. The van der Waals surface area contributed by atoms with E-state index in [0.29, 0.717) is 0 Å². The first-order chi connectivity index (χ1) is 5.57. The average molecular weight is 179 g/mol. The third kappa shape index (κ3) is 1.58. The van der Waals surface area contributed by atoms with Gasteiger partial charge in [0.2, 0.25) is 0 Å². The number of rotatable bonds is 2. The van der Waals surface area contributed by atoms with Crippen molar-refractivity contribution >= 4 is 0 Å². The molecule has 12 heavy (non-hydrogen) atoms. The van der Waals surface area contributed by atoms with Gasteiger partial charge in [-0.05, 0) is 0 Å². The van der Waals surface area contributed by atoms with Crippen molar-refractivity contribution in [2.45, 2.75) is 30.6 Å². The predicted octanol–water partition coefficient (Wildman–Crippen LogP) is -3.26. The first kappa shape index (κ1) is 9.85. The van der Waals surface area contributed by atoms with Crippen molar-refractivity contribution in [3.63, 3.8) is 0 Å². The van der Waals surface area contributed by atoms with Crippen molar-refractivity contribution in [1.29, 1.82) is 0 Å². The van der Waals surface area contributed by atoms with Crippen LogP contribution in [0, 0.1) is 0 Å². The maximum absolute atomic E-state index is 9.25. The quantitative estimate of drug-likeness (QED) is 0.304. The van der Waals surface area contributed by atoms with Crippen LogP contribution in [0.4, 0.5) is 0 Å². The van der Waals surface area contributed by atoms with Gasteiger partial charge in [0.15, 0.2) is 6.29 Å². The molecule has 5 atom stereocenters. The van der Waals surface area contributed by atoms with E-state index >= 15 is 0 Å². The van der Waals surface area contributed by atoms with E-state index in [-0.39, 0.29) is 0 Å². The lowest BCUT2D eigenvalue weighted by atomic mass is 10.1. The Morgan fingerprint density at radius 1 is 1.42 bits per heavy atom. The molecule has 0 aliphatic carbocycles. The highest BCUT2D eigenvalue weighted by Crippen LogP contribution is 2.20. The van der Waals surface area contributed by atoms with Gasteiger partial charge in [-0.2, -0.15) is 0 Å². The second-order valence-electron chi connectivity index (χ2n) is 2.81. The molecule has 0 spiro atoms. The normalized spacial score (nSPS) is 44.8. The van der Waals surface area contributed by atoms with E-state index in [4.69, 9.17) is 25.8 Å². The van der Waals surface area contributed by atoms with Crippen LogP contribution in [-0.4, -0.2) is 57.7 Å². The van der Waals surface area contributed by atoms with E-state index in [2.05, 4.69) is 0 Å². The average Bonchev–Trinajstić information content (AvgIpc) is 2.32. The number of ether oxygens (including phenoxy) is 1. The summed E-state index contributed by atoms with van der Waals surface area (Å²) in [6.45, 7) is -0.541. The molecule has 1 heterocycles. The maximum atomic E-state index is 9.25. The predicted molar refractivity (Wildman–Crippen MR) is 38.0 cm³/mol. The summed E-state index contributed by atoms with van der Waals surface area (Å²) < 4.78 is 4.71. The Bertz CT molecular complexity index is 155. The molecule has 6 heteroatoms. The van der Waals surface area contributed by atoms with Crippen LogP contribution in [0.3, 0.4) is 0 Å². The van der Waals surface area contributed by atoms with Crippen molar-refractivity contribution in [3.8, 4) is 0 Å². The van der Waals surface area contributed by atoms with Gasteiger partial charge in [-0.1, -0.05) is 0 Å². The van der Waals surface area contributed by atoms with E-state index < -0.39 is 37.3 Å². The smallest absolute Gasteiger partial charge is 0.173 e. The number of aliphatic hydroxyl groups excluding tert-OH is 4. The molecule has 1 aliphatic rings. The molecule has 1 fully saturated rings. The van der Waals surface area contributed by atoms with Gasteiger partial charge in [0, 0.05) is 0 Å². The topological polar surface area (TPSA) is 116 Å². The van der Waals surface area contributed by atoms with E-state index in [0.717, 1.165) is 0 Å².